The van der Waals surface area contributed by atoms with E-state index in [-0.39, 0.29) is 5.54 Å². The molecular weight excluding hydrogens is 360 g/mol. The van der Waals surface area contributed by atoms with E-state index in [1.807, 2.05) is 13.0 Å². The van der Waals surface area contributed by atoms with Crippen molar-refractivity contribution in [2.75, 3.05) is 11.6 Å². The molecule has 5 heteroatoms. The van der Waals surface area contributed by atoms with E-state index in [9.17, 15) is 0 Å². The van der Waals surface area contributed by atoms with E-state index in [1.165, 1.54) is 11.3 Å². The van der Waals surface area contributed by atoms with Crippen LogP contribution in [0.5, 0.6) is 0 Å². The Bertz CT molecular complexity index is 1260. The largest absolute Gasteiger partial charge is 0.435 e. The fraction of sp³-hybridized carbons (Fsp3) is 0.292. The first kappa shape index (κ1) is 17.9. The van der Waals surface area contributed by atoms with Crippen LogP contribution in [0.15, 0.2) is 59.4 Å². The third kappa shape index (κ3) is 2.64. The van der Waals surface area contributed by atoms with Gasteiger partial charge in [-0.15, -0.1) is 0 Å². The van der Waals surface area contributed by atoms with Gasteiger partial charge in [0, 0.05) is 47.8 Å². The number of fused-ring (bicyclic) bond motifs is 3. The molecular formula is C24H26N4O. The normalized spacial score (nSPS) is 14.7. The summed E-state index contributed by atoms with van der Waals surface area (Å²) in [6.45, 7) is 9.42. The highest BCUT2D eigenvalue weighted by Gasteiger charge is 2.33. The van der Waals surface area contributed by atoms with E-state index in [4.69, 9.17) is 4.42 Å². The lowest BCUT2D eigenvalue weighted by Gasteiger charge is -2.37. The molecule has 0 bridgehead atoms. The summed E-state index contributed by atoms with van der Waals surface area (Å²) in [5.41, 5.74) is 6.03. The standard InChI is InChI=1S/C24H26N4O/c1-16-8-10-18-19-11-9-17(2)25-23(19)29-22(18)21(16)27-13-14-28(15-27)24(3,4)20-7-6-12-26(20)5/h6-14H,15H2,1-5H3. The molecule has 1 aromatic carbocycles. The Hall–Kier alpha value is -3.21. The lowest BCUT2D eigenvalue weighted by atomic mass is 9.99. The van der Waals surface area contributed by atoms with Gasteiger partial charge in [0.1, 0.15) is 0 Å². The van der Waals surface area contributed by atoms with E-state index < -0.39 is 0 Å². The zero-order chi connectivity index (χ0) is 20.3. The van der Waals surface area contributed by atoms with E-state index in [2.05, 4.69) is 96.1 Å². The van der Waals surface area contributed by atoms with Crippen LogP contribution in [0.2, 0.25) is 0 Å². The molecule has 0 aliphatic carbocycles. The van der Waals surface area contributed by atoms with E-state index in [0.717, 1.165) is 34.4 Å². The van der Waals surface area contributed by atoms with Crippen molar-refractivity contribution in [3.05, 3.63) is 71.9 Å². The molecule has 4 aromatic rings. The first-order valence-corrected chi connectivity index (χ1v) is 9.99. The number of rotatable bonds is 3. The summed E-state index contributed by atoms with van der Waals surface area (Å²) in [5.74, 6) is 0. The Morgan fingerprint density at radius 3 is 2.55 bits per heavy atom. The van der Waals surface area contributed by atoms with Crippen molar-refractivity contribution in [1.29, 1.82) is 0 Å². The van der Waals surface area contributed by atoms with Crippen LogP contribution in [-0.4, -0.2) is 21.1 Å². The Kier molecular flexibility index (Phi) is 3.78. The Labute approximate surface area is 170 Å². The minimum absolute atomic E-state index is 0.127. The van der Waals surface area contributed by atoms with E-state index >= 15 is 0 Å². The number of aryl methyl sites for hydroxylation is 3. The van der Waals surface area contributed by atoms with Gasteiger partial charge in [-0.05, 0) is 57.5 Å². The van der Waals surface area contributed by atoms with Crippen molar-refractivity contribution in [1.82, 2.24) is 14.5 Å². The molecule has 0 N–H and O–H groups in total. The first-order valence-electron chi connectivity index (χ1n) is 9.99. The number of nitrogens with zero attached hydrogens (tertiary/aromatic N) is 4. The predicted molar refractivity (Wildman–Crippen MR) is 118 cm³/mol. The monoisotopic (exact) mass is 386 g/mol. The number of pyridine rings is 1. The molecule has 0 amide bonds. The topological polar surface area (TPSA) is 37.4 Å². The fourth-order valence-electron chi connectivity index (χ4n) is 4.43. The third-order valence-electron chi connectivity index (χ3n) is 6.13. The second kappa shape index (κ2) is 6.14. The number of anilines is 1. The molecule has 0 spiro atoms. The van der Waals surface area contributed by atoms with Crippen molar-refractivity contribution >= 4 is 27.8 Å². The summed E-state index contributed by atoms with van der Waals surface area (Å²) >= 11 is 0. The van der Waals surface area contributed by atoms with Gasteiger partial charge in [0.05, 0.1) is 17.9 Å². The lowest BCUT2D eigenvalue weighted by molar-refractivity contribution is 0.192. The van der Waals surface area contributed by atoms with Crippen molar-refractivity contribution in [2.45, 2.75) is 33.2 Å². The minimum atomic E-state index is -0.127. The predicted octanol–water partition coefficient (Wildman–Crippen LogP) is 5.42. The molecule has 0 fully saturated rings. The highest BCUT2D eigenvalue weighted by Crippen LogP contribution is 2.39. The highest BCUT2D eigenvalue weighted by molar-refractivity contribution is 6.08. The maximum absolute atomic E-state index is 6.26. The molecule has 0 unspecified atom stereocenters. The van der Waals surface area contributed by atoms with Gasteiger partial charge in [0.25, 0.3) is 0 Å². The molecule has 3 aromatic heterocycles. The molecule has 0 atom stereocenters. The Morgan fingerprint density at radius 1 is 1.00 bits per heavy atom. The van der Waals surface area contributed by atoms with E-state index in [0.29, 0.717) is 5.71 Å². The highest BCUT2D eigenvalue weighted by atomic mass is 16.3. The van der Waals surface area contributed by atoms with Crippen molar-refractivity contribution in [2.24, 2.45) is 7.05 Å². The summed E-state index contributed by atoms with van der Waals surface area (Å²) in [7, 11) is 2.10. The Balaban J connectivity index is 1.57. The summed E-state index contributed by atoms with van der Waals surface area (Å²) in [4.78, 5) is 9.23. The van der Waals surface area contributed by atoms with Crippen LogP contribution in [0.3, 0.4) is 0 Å². The number of hydrogen-bond acceptors (Lipinski definition) is 4. The van der Waals surface area contributed by atoms with Gasteiger partial charge in [-0.25, -0.2) is 4.98 Å². The van der Waals surface area contributed by atoms with Gasteiger partial charge < -0.3 is 18.8 Å². The summed E-state index contributed by atoms with van der Waals surface area (Å²) < 4.78 is 8.45. The quantitative estimate of drug-likeness (QED) is 0.471. The lowest BCUT2D eigenvalue weighted by Crippen LogP contribution is -2.41. The molecule has 4 heterocycles. The number of hydrogen-bond donors (Lipinski definition) is 0. The first-order chi connectivity index (χ1) is 13.9. The molecule has 5 nitrogen and oxygen atoms in total. The summed E-state index contributed by atoms with van der Waals surface area (Å²) in [6.07, 6.45) is 6.43. The molecule has 5 rings (SSSR count). The van der Waals surface area contributed by atoms with Gasteiger partial charge in [0.2, 0.25) is 5.71 Å². The molecule has 148 valence electrons. The van der Waals surface area contributed by atoms with Gasteiger partial charge in [0.15, 0.2) is 5.58 Å². The number of aromatic nitrogens is 2. The zero-order valence-corrected chi connectivity index (χ0v) is 17.6. The maximum Gasteiger partial charge on any atom is 0.227 e. The number of furan rings is 1. The van der Waals surface area contributed by atoms with Crippen molar-refractivity contribution < 1.29 is 4.42 Å². The fourth-order valence-corrected chi connectivity index (χ4v) is 4.43. The van der Waals surface area contributed by atoms with Crippen LogP contribution >= 0.6 is 0 Å². The van der Waals surface area contributed by atoms with Gasteiger partial charge in [-0.1, -0.05) is 12.1 Å². The summed E-state index contributed by atoms with van der Waals surface area (Å²) in [6, 6.07) is 12.7. The SMILES string of the molecule is Cc1ccc2c(n1)oc1c(N3C=CN(C(C)(C)c4cccn4C)C3)c(C)ccc12. The molecule has 0 saturated carbocycles. The van der Waals surface area contributed by atoms with Crippen LogP contribution in [0, 0.1) is 13.8 Å². The smallest absolute Gasteiger partial charge is 0.227 e. The van der Waals surface area contributed by atoms with Crippen molar-refractivity contribution in [3.8, 4) is 0 Å². The second-order valence-corrected chi connectivity index (χ2v) is 8.46. The summed E-state index contributed by atoms with van der Waals surface area (Å²) in [5, 5.41) is 2.18. The zero-order valence-electron chi connectivity index (χ0n) is 17.6. The molecule has 1 aliphatic heterocycles. The minimum Gasteiger partial charge on any atom is -0.435 e. The van der Waals surface area contributed by atoms with Crippen LogP contribution < -0.4 is 4.90 Å². The molecule has 0 saturated heterocycles. The van der Waals surface area contributed by atoms with Crippen LogP contribution in [0.25, 0.3) is 22.1 Å². The van der Waals surface area contributed by atoms with Gasteiger partial charge in [-0.3, -0.25) is 0 Å². The molecule has 0 radical (unpaired) electrons. The number of benzene rings is 1. The third-order valence-corrected chi connectivity index (χ3v) is 6.13. The van der Waals surface area contributed by atoms with Crippen LogP contribution in [0.4, 0.5) is 5.69 Å². The van der Waals surface area contributed by atoms with Gasteiger partial charge in [-0.2, -0.15) is 0 Å². The average Bonchev–Trinajstić information content (AvgIpc) is 3.39. The molecule has 1 aliphatic rings. The van der Waals surface area contributed by atoms with Crippen molar-refractivity contribution in [3.63, 3.8) is 0 Å². The van der Waals surface area contributed by atoms with E-state index in [1.54, 1.807) is 0 Å². The van der Waals surface area contributed by atoms with Crippen LogP contribution in [-0.2, 0) is 12.6 Å². The van der Waals surface area contributed by atoms with Crippen LogP contribution in [0.1, 0.15) is 30.8 Å². The van der Waals surface area contributed by atoms with Gasteiger partial charge >= 0.3 is 0 Å². The second-order valence-electron chi connectivity index (χ2n) is 8.46. The maximum atomic E-state index is 6.26. The Morgan fingerprint density at radius 2 is 1.79 bits per heavy atom. The average molecular weight is 386 g/mol. The molecule has 29 heavy (non-hydrogen) atoms.